The molecule has 1 aliphatic heterocycles. The van der Waals surface area contributed by atoms with Gasteiger partial charge in [-0.25, -0.2) is 0 Å². The summed E-state index contributed by atoms with van der Waals surface area (Å²) in [5.41, 5.74) is 3.13. The van der Waals surface area contributed by atoms with Gasteiger partial charge in [0.25, 0.3) is 5.91 Å². The minimum Gasteiger partial charge on any atom is -0.353 e. The molecule has 33 heavy (non-hydrogen) atoms. The van der Waals surface area contributed by atoms with Crippen LogP contribution in [0.3, 0.4) is 0 Å². The van der Waals surface area contributed by atoms with E-state index in [0.29, 0.717) is 23.8 Å². The Labute approximate surface area is 194 Å². The van der Waals surface area contributed by atoms with Crippen molar-refractivity contribution in [1.29, 1.82) is 0 Å². The van der Waals surface area contributed by atoms with Crippen molar-refractivity contribution in [3.63, 3.8) is 0 Å². The van der Waals surface area contributed by atoms with Gasteiger partial charge in [-0.3, -0.25) is 19.3 Å². The number of hydrogen-bond acceptors (Lipinski definition) is 4. The van der Waals surface area contributed by atoms with Crippen molar-refractivity contribution >= 4 is 23.4 Å². The molecule has 2 aliphatic rings. The summed E-state index contributed by atoms with van der Waals surface area (Å²) >= 11 is 0. The van der Waals surface area contributed by atoms with Gasteiger partial charge in [-0.05, 0) is 63.4 Å². The lowest BCUT2D eigenvalue weighted by atomic mass is 9.96. The molecule has 2 fully saturated rings. The summed E-state index contributed by atoms with van der Waals surface area (Å²) in [5.74, 6) is -0.182. The maximum atomic E-state index is 12.7. The second-order valence-corrected chi connectivity index (χ2v) is 9.10. The molecule has 3 amide bonds. The van der Waals surface area contributed by atoms with Crippen LogP contribution in [-0.2, 0) is 16.1 Å². The number of carbonyl (C=O) groups is 3. The van der Waals surface area contributed by atoms with E-state index in [1.165, 1.54) is 5.56 Å². The van der Waals surface area contributed by atoms with Crippen LogP contribution in [0, 0.1) is 12.8 Å². The smallest absolute Gasteiger partial charge is 0.253 e. The number of benzene rings is 2. The molecule has 1 saturated heterocycles. The van der Waals surface area contributed by atoms with E-state index in [4.69, 9.17) is 0 Å². The van der Waals surface area contributed by atoms with Gasteiger partial charge < -0.3 is 16.0 Å². The van der Waals surface area contributed by atoms with Crippen molar-refractivity contribution in [2.24, 2.45) is 5.92 Å². The molecule has 0 unspecified atom stereocenters. The number of hydrogen-bond donors (Lipinski definition) is 3. The normalized spacial score (nSPS) is 16.8. The highest BCUT2D eigenvalue weighted by Crippen LogP contribution is 2.23. The minimum atomic E-state index is -0.228. The van der Waals surface area contributed by atoms with Crippen LogP contribution in [0.5, 0.6) is 0 Å². The van der Waals surface area contributed by atoms with Crippen LogP contribution in [0.2, 0.25) is 0 Å². The number of para-hydroxylation sites is 1. The predicted octanol–water partition coefficient (Wildman–Crippen LogP) is 2.85. The fraction of sp³-hybridized carbons (Fsp3) is 0.423. The summed E-state index contributed by atoms with van der Waals surface area (Å²) in [5, 5.41) is 8.89. The largest absolute Gasteiger partial charge is 0.353 e. The molecule has 1 aliphatic carbocycles. The average Bonchev–Trinajstić information content (AvgIpc) is 3.63. The fourth-order valence-corrected chi connectivity index (χ4v) is 4.07. The number of nitrogens with one attached hydrogen (secondary N) is 3. The number of piperidine rings is 1. The summed E-state index contributed by atoms with van der Waals surface area (Å²) < 4.78 is 0. The molecule has 1 saturated carbocycles. The predicted molar refractivity (Wildman–Crippen MR) is 128 cm³/mol. The Bertz CT molecular complexity index is 993. The molecule has 0 bridgehead atoms. The van der Waals surface area contributed by atoms with Gasteiger partial charge in [-0.1, -0.05) is 42.0 Å². The van der Waals surface area contributed by atoms with E-state index in [0.717, 1.165) is 44.3 Å². The first-order chi connectivity index (χ1) is 16.0. The summed E-state index contributed by atoms with van der Waals surface area (Å²) in [6.07, 6.45) is 3.72. The molecule has 2 aromatic rings. The first kappa shape index (κ1) is 23.0. The van der Waals surface area contributed by atoms with Crippen LogP contribution < -0.4 is 16.0 Å². The molecule has 3 N–H and O–H groups in total. The Morgan fingerprint density at radius 1 is 0.939 bits per heavy atom. The van der Waals surface area contributed by atoms with Crippen LogP contribution in [-0.4, -0.2) is 48.3 Å². The molecule has 2 aromatic carbocycles. The third kappa shape index (κ3) is 6.65. The summed E-state index contributed by atoms with van der Waals surface area (Å²) in [6, 6.07) is 15.4. The van der Waals surface area contributed by atoms with Crippen molar-refractivity contribution in [2.75, 3.05) is 25.0 Å². The van der Waals surface area contributed by atoms with Crippen molar-refractivity contribution in [3.05, 3.63) is 65.2 Å². The van der Waals surface area contributed by atoms with Crippen LogP contribution in [0.15, 0.2) is 48.5 Å². The Kier molecular flexibility index (Phi) is 7.40. The molecule has 7 heteroatoms. The lowest BCUT2D eigenvalue weighted by Crippen LogP contribution is -2.43. The number of rotatable bonds is 8. The van der Waals surface area contributed by atoms with Crippen molar-refractivity contribution in [2.45, 2.75) is 45.2 Å². The lowest BCUT2D eigenvalue weighted by Gasteiger charge is -2.30. The number of aryl methyl sites for hydroxylation is 1. The molecule has 0 atom stereocenters. The highest BCUT2D eigenvalue weighted by atomic mass is 16.2. The monoisotopic (exact) mass is 448 g/mol. The number of carbonyl (C=O) groups excluding carboxylic acids is 3. The Morgan fingerprint density at radius 3 is 2.33 bits per heavy atom. The maximum Gasteiger partial charge on any atom is 0.253 e. The van der Waals surface area contributed by atoms with E-state index >= 15 is 0 Å². The molecule has 4 rings (SSSR count). The maximum absolute atomic E-state index is 12.7. The first-order valence-corrected chi connectivity index (χ1v) is 11.7. The van der Waals surface area contributed by atoms with E-state index in [1.54, 1.807) is 24.3 Å². The van der Waals surface area contributed by atoms with Gasteiger partial charge in [-0.15, -0.1) is 0 Å². The number of amides is 3. The summed E-state index contributed by atoms with van der Waals surface area (Å²) in [6.45, 7) is 4.13. The SMILES string of the molecule is Cc1ccc(CNC(=O)c2ccccc2NC(=O)CN2CCC(C(=O)NC3CC3)CC2)cc1. The molecular formula is C26H32N4O3. The standard InChI is InChI=1S/C26H32N4O3/c1-18-6-8-19(9-7-18)16-27-26(33)22-4-2-3-5-23(22)29-24(31)17-30-14-12-20(13-15-30)25(32)28-21-10-11-21/h2-9,20-21H,10-17H2,1H3,(H,27,33)(H,28,32)(H,29,31). The van der Waals surface area contributed by atoms with E-state index in [1.807, 2.05) is 31.2 Å². The van der Waals surface area contributed by atoms with Crippen molar-refractivity contribution in [1.82, 2.24) is 15.5 Å². The lowest BCUT2D eigenvalue weighted by molar-refractivity contribution is -0.126. The van der Waals surface area contributed by atoms with Gasteiger partial charge in [0.05, 0.1) is 17.8 Å². The Hall–Kier alpha value is -3.19. The molecule has 174 valence electrons. The molecule has 0 aromatic heterocycles. The van der Waals surface area contributed by atoms with Gasteiger partial charge in [-0.2, -0.15) is 0 Å². The van der Waals surface area contributed by atoms with E-state index in [9.17, 15) is 14.4 Å². The van der Waals surface area contributed by atoms with Gasteiger partial charge >= 0.3 is 0 Å². The van der Waals surface area contributed by atoms with E-state index < -0.39 is 0 Å². The van der Waals surface area contributed by atoms with Crippen LogP contribution in [0.4, 0.5) is 5.69 Å². The second kappa shape index (κ2) is 10.6. The van der Waals surface area contributed by atoms with E-state index in [-0.39, 0.29) is 30.2 Å². The van der Waals surface area contributed by atoms with Crippen LogP contribution in [0.1, 0.15) is 47.2 Å². The molecule has 0 radical (unpaired) electrons. The zero-order valence-electron chi connectivity index (χ0n) is 19.1. The Balaban J connectivity index is 1.26. The summed E-state index contributed by atoms with van der Waals surface area (Å²) in [4.78, 5) is 39.7. The highest BCUT2D eigenvalue weighted by molar-refractivity contribution is 6.04. The first-order valence-electron chi connectivity index (χ1n) is 11.7. The summed E-state index contributed by atoms with van der Waals surface area (Å²) in [7, 11) is 0. The molecule has 1 heterocycles. The minimum absolute atomic E-state index is 0.0443. The number of nitrogens with zero attached hydrogens (tertiary/aromatic N) is 1. The van der Waals surface area contributed by atoms with Crippen LogP contribution >= 0.6 is 0 Å². The van der Waals surface area contributed by atoms with Gasteiger partial charge in [0.15, 0.2) is 0 Å². The van der Waals surface area contributed by atoms with Crippen LogP contribution in [0.25, 0.3) is 0 Å². The average molecular weight is 449 g/mol. The zero-order valence-corrected chi connectivity index (χ0v) is 19.1. The molecule has 0 spiro atoms. The topological polar surface area (TPSA) is 90.5 Å². The fourth-order valence-electron chi connectivity index (χ4n) is 4.07. The Morgan fingerprint density at radius 2 is 1.64 bits per heavy atom. The number of likely N-dealkylation sites (tertiary alicyclic amines) is 1. The molecular weight excluding hydrogens is 416 g/mol. The van der Waals surface area contributed by atoms with Gasteiger partial charge in [0.2, 0.25) is 11.8 Å². The third-order valence-corrected chi connectivity index (χ3v) is 6.27. The third-order valence-electron chi connectivity index (χ3n) is 6.27. The quantitative estimate of drug-likeness (QED) is 0.579. The zero-order chi connectivity index (χ0) is 23.2. The highest BCUT2D eigenvalue weighted by Gasteiger charge is 2.30. The van der Waals surface area contributed by atoms with Gasteiger partial charge in [0.1, 0.15) is 0 Å². The van der Waals surface area contributed by atoms with Crippen molar-refractivity contribution < 1.29 is 14.4 Å². The van der Waals surface area contributed by atoms with E-state index in [2.05, 4.69) is 20.9 Å². The van der Waals surface area contributed by atoms with Crippen molar-refractivity contribution in [3.8, 4) is 0 Å². The molecule has 7 nitrogen and oxygen atoms in total. The second-order valence-electron chi connectivity index (χ2n) is 9.10. The van der Waals surface area contributed by atoms with Gasteiger partial charge in [0, 0.05) is 18.5 Å². The number of anilines is 1.